The van der Waals surface area contributed by atoms with Crippen molar-refractivity contribution in [1.29, 1.82) is 0 Å². The Labute approximate surface area is 214 Å². The van der Waals surface area contributed by atoms with Crippen molar-refractivity contribution in [2.24, 2.45) is 0 Å². The zero-order chi connectivity index (χ0) is 28.9. The SMILES string of the molecule is CCN(CCC(C)N(C)Cc1ccc(C(F)(F)F)cc1N1CCOCC1)C(=O)OC(C(F)(F)F)C(F)(F)F. The first kappa shape index (κ1) is 31.8. The third-order valence-electron chi connectivity index (χ3n) is 6.21. The average Bonchev–Trinajstić information content (AvgIpc) is 2.81. The zero-order valence-electron chi connectivity index (χ0n) is 21.0. The smallest absolute Gasteiger partial charge is 0.426 e. The summed E-state index contributed by atoms with van der Waals surface area (Å²) in [5.74, 6) is 0. The summed E-state index contributed by atoms with van der Waals surface area (Å²) in [6, 6.07) is 3.08. The minimum atomic E-state index is -5.82. The number of ether oxygens (including phenoxy) is 2. The zero-order valence-corrected chi connectivity index (χ0v) is 21.0. The third-order valence-corrected chi connectivity index (χ3v) is 6.21. The maximum atomic E-state index is 13.3. The number of morpholine rings is 1. The largest absolute Gasteiger partial charge is 0.434 e. The van der Waals surface area contributed by atoms with Gasteiger partial charge in [-0.25, -0.2) is 4.79 Å². The molecule has 0 aromatic heterocycles. The first-order chi connectivity index (χ1) is 17.4. The lowest BCUT2D eigenvalue weighted by Crippen LogP contribution is -2.48. The molecule has 1 fully saturated rings. The van der Waals surface area contributed by atoms with E-state index in [0.717, 1.165) is 17.0 Å². The molecule has 0 N–H and O–H groups in total. The van der Waals surface area contributed by atoms with Gasteiger partial charge >= 0.3 is 24.6 Å². The molecule has 1 aromatic carbocycles. The van der Waals surface area contributed by atoms with E-state index in [1.807, 2.05) is 0 Å². The van der Waals surface area contributed by atoms with Crippen molar-refractivity contribution in [3.63, 3.8) is 0 Å². The lowest BCUT2D eigenvalue weighted by atomic mass is 10.1. The van der Waals surface area contributed by atoms with E-state index in [0.29, 0.717) is 37.6 Å². The number of carbonyl (C=O) groups is 1. The summed E-state index contributed by atoms with van der Waals surface area (Å²) < 4.78 is 125. The highest BCUT2D eigenvalue weighted by Gasteiger charge is 2.60. The first-order valence-electron chi connectivity index (χ1n) is 11.8. The molecule has 1 unspecified atom stereocenters. The molecule has 1 atom stereocenters. The normalized spacial score (nSPS) is 16.2. The highest BCUT2D eigenvalue weighted by Crippen LogP contribution is 2.36. The fraction of sp³-hybridized carbons (Fsp3) is 0.696. The third kappa shape index (κ3) is 8.82. The van der Waals surface area contributed by atoms with E-state index in [9.17, 15) is 44.3 Å². The maximum Gasteiger partial charge on any atom is 0.434 e. The van der Waals surface area contributed by atoms with Gasteiger partial charge in [-0.15, -0.1) is 0 Å². The Bertz CT molecular complexity index is 902. The second-order valence-corrected chi connectivity index (χ2v) is 8.92. The summed E-state index contributed by atoms with van der Waals surface area (Å²) in [6.45, 7) is 4.41. The second-order valence-electron chi connectivity index (χ2n) is 8.92. The predicted octanol–water partition coefficient (Wildman–Crippen LogP) is 5.70. The monoisotopic (exact) mass is 567 g/mol. The molecular formula is C23H30F9N3O3. The molecule has 218 valence electrons. The van der Waals surface area contributed by atoms with Gasteiger partial charge in [-0.1, -0.05) is 6.07 Å². The van der Waals surface area contributed by atoms with Crippen molar-refractivity contribution in [3.05, 3.63) is 29.3 Å². The van der Waals surface area contributed by atoms with Crippen LogP contribution in [0.15, 0.2) is 18.2 Å². The Balaban J connectivity index is 2.08. The maximum absolute atomic E-state index is 13.3. The van der Waals surface area contributed by atoms with E-state index in [1.54, 1.807) is 23.8 Å². The predicted molar refractivity (Wildman–Crippen MR) is 120 cm³/mol. The summed E-state index contributed by atoms with van der Waals surface area (Å²) in [6.07, 6.45) is -22.0. The van der Waals surface area contributed by atoms with E-state index >= 15 is 0 Å². The van der Waals surface area contributed by atoms with Gasteiger partial charge in [0.25, 0.3) is 6.10 Å². The van der Waals surface area contributed by atoms with Crippen LogP contribution in [-0.4, -0.2) is 86.8 Å². The molecule has 6 nitrogen and oxygen atoms in total. The number of nitrogens with zero attached hydrogens (tertiary/aromatic N) is 3. The van der Waals surface area contributed by atoms with Crippen LogP contribution in [0.3, 0.4) is 0 Å². The van der Waals surface area contributed by atoms with Gasteiger partial charge in [0.15, 0.2) is 0 Å². The summed E-state index contributed by atoms with van der Waals surface area (Å²) in [4.78, 5) is 16.3. The van der Waals surface area contributed by atoms with Gasteiger partial charge in [-0.05, 0) is 45.0 Å². The molecule has 0 bridgehead atoms. The van der Waals surface area contributed by atoms with Crippen LogP contribution in [-0.2, 0) is 22.2 Å². The quantitative estimate of drug-likeness (QED) is 0.358. The van der Waals surface area contributed by atoms with Gasteiger partial charge in [0, 0.05) is 44.5 Å². The van der Waals surface area contributed by atoms with Gasteiger partial charge < -0.3 is 19.3 Å². The van der Waals surface area contributed by atoms with Crippen LogP contribution in [0.2, 0.25) is 0 Å². The van der Waals surface area contributed by atoms with Crippen LogP contribution in [0.5, 0.6) is 0 Å². The molecule has 15 heteroatoms. The van der Waals surface area contributed by atoms with Crippen LogP contribution >= 0.6 is 0 Å². The number of rotatable bonds is 9. The number of hydrogen-bond donors (Lipinski definition) is 0. The van der Waals surface area contributed by atoms with Gasteiger partial charge in [-0.3, -0.25) is 4.90 Å². The molecule has 1 aliphatic rings. The van der Waals surface area contributed by atoms with E-state index in [2.05, 4.69) is 4.74 Å². The van der Waals surface area contributed by atoms with Gasteiger partial charge in [0.05, 0.1) is 18.8 Å². The fourth-order valence-corrected chi connectivity index (χ4v) is 3.83. The molecule has 0 spiro atoms. The minimum Gasteiger partial charge on any atom is -0.426 e. The van der Waals surface area contributed by atoms with Crippen molar-refractivity contribution in [2.45, 2.75) is 57.5 Å². The van der Waals surface area contributed by atoms with E-state index in [4.69, 9.17) is 4.74 Å². The number of amides is 1. The van der Waals surface area contributed by atoms with Crippen LogP contribution in [0.25, 0.3) is 0 Å². The van der Waals surface area contributed by atoms with E-state index < -0.39 is 36.3 Å². The minimum absolute atomic E-state index is 0.148. The Morgan fingerprint density at radius 3 is 2.13 bits per heavy atom. The summed E-state index contributed by atoms with van der Waals surface area (Å²) in [5.41, 5.74) is 0.192. The second kappa shape index (κ2) is 12.6. The van der Waals surface area contributed by atoms with Crippen LogP contribution in [0.4, 0.5) is 50.0 Å². The summed E-state index contributed by atoms with van der Waals surface area (Å²) in [7, 11) is 1.67. The molecule has 1 aromatic rings. The highest BCUT2D eigenvalue weighted by molar-refractivity contribution is 5.68. The van der Waals surface area contributed by atoms with Crippen LogP contribution < -0.4 is 4.90 Å². The van der Waals surface area contributed by atoms with Crippen molar-refractivity contribution < 1.29 is 53.8 Å². The van der Waals surface area contributed by atoms with Crippen LogP contribution in [0.1, 0.15) is 31.4 Å². The molecule has 0 aliphatic carbocycles. The Morgan fingerprint density at radius 1 is 1.05 bits per heavy atom. The molecule has 1 amide bonds. The summed E-state index contributed by atoms with van der Waals surface area (Å²) in [5, 5.41) is 0. The molecular weight excluding hydrogens is 537 g/mol. The van der Waals surface area contributed by atoms with Crippen molar-refractivity contribution in [1.82, 2.24) is 9.80 Å². The highest BCUT2D eigenvalue weighted by atomic mass is 19.4. The molecule has 0 radical (unpaired) electrons. The Morgan fingerprint density at radius 2 is 1.63 bits per heavy atom. The lowest BCUT2D eigenvalue weighted by Gasteiger charge is -2.33. The van der Waals surface area contributed by atoms with Gasteiger partial charge in [-0.2, -0.15) is 39.5 Å². The number of benzene rings is 1. The lowest BCUT2D eigenvalue weighted by molar-refractivity contribution is -0.308. The number of alkyl halides is 9. The topological polar surface area (TPSA) is 45.2 Å². The standard InChI is InChI=1S/C23H30F9N3O3/c1-4-34(20(36)38-19(22(27,28)29)23(30,31)32)8-7-15(2)33(3)14-16-5-6-17(21(24,25)26)13-18(16)35-9-11-37-12-10-35/h5-6,13,15,19H,4,7-12,14H2,1-3H3. The van der Waals surface area contributed by atoms with Crippen molar-refractivity contribution >= 4 is 11.8 Å². The number of halogens is 9. The van der Waals surface area contributed by atoms with Crippen molar-refractivity contribution in [2.75, 3.05) is 51.3 Å². The van der Waals surface area contributed by atoms with E-state index in [1.165, 1.54) is 13.0 Å². The average molecular weight is 567 g/mol. The molecule has 0 saturated carbocycles. The number of hydrogen-bond acceptors (Lipinski definition) is 5. The Kier molecular flexibility index (Phi) is 10.6. The molecule has 1 heterocycles. The summed E-state index contributed by atoms with van der Waals surface area (Å²) >= 11 is 0. The van der Waals surface area contributed by atoms with E-state index in [-0.39, 0.29) is 32.1 Å². The molecule has 38 heavy (non-hydrogen) atoms. The fourth-order valence-electron chi connectivity index (χ4n) is 3.83. The first-order valence-corrected chi connectivity index (χ1v) is 11.8. The Hall–Kier alpha value is -2.42. The van der Waals surface area contributed by atoms with Gasteiger partial charge in [0.2, 0.25) is 0 Å². The number of anilines is 1. The molecule has 2 rings (SSSR count). The van der Waals surface area contributed by atoms with Crippen LogP contribution in [0, 0.1) is 0 Å². The molecule has 1 saturated heterocycles. The molecule has 1 aliphatic heterocycles. The number of carbonyl (C=O) groups excluding carboxylic acids is 1. The van der Waals surface area contributed by atoms with Crippen molar-refractivity contribution in [3.8, 4) is 0 Å². The van der Waals surface area contributed by atoms with Gasteiger partial charge in [0.1, 0.15) is 0 Å².